The molecule has 0 heterocycles. The molecule has 0 aliphatic heterocycles. The van der Waals surface area contributed by atoms with E-state index < -0.39 is 11.7 Å². The van der Waals surface area contributed by atoms with E-state index in [1.807, 2.05) is 26.0 Å². The fraction of sp³-hybridized carbons (Fsp3) is 0.423. The average molecular weight is 451 g/mol. The van der Waals surface area contributed by atoms with Gasteiger partial charge in [0, 0.05) is 6.42 Å². The van der Waals surface area contributed by atoms with Crippen molar-refractivity contribution in [3.05, 3.63) is 78.4 Å². The highest BCUT2D eigenvalue weighted by Gasteiger charge is 2.30. The van der Waals surface area contributed by atoms with Crippen LogP contribution < -0.4 is 4.74 Å². The van der Waals surface area contributed by atoms with E-state index in [1.54, 1.807) is 6.08 Å². The number of benzene rings is 1. The minimum absolute atomic E-state index is 0.0553. The Kier molecular flexibility index (Phi) is 13.6. The number of ether oxygens (including phenoxy) is 2. The van der Waals surface area contributed by atoms with E-state index in [0.717, 1.165) is 44.2 Å². The van der Waals surface area contributed by atoms with Crippen LogP contribution in [0.3, 0.4) is 0 Å². The number of carbonyl (C=O) groups excluding carboxylic acids is 1. The van der Waals surface area contributed by atoms with Gasteiger partial charge >= 0.3 is 12.1 Å². The summed E-state index contributed by atoms with van der Waals surface area (Å²) >= 11 is 0. The molecule has 0 aliphatic rings. The predicted molar refractivity (Wildman–Crippen MR) is 122 cm³/mol. The third kappa shape index (κ3) is 14.3. The first kappa shape index (κ1) is 27.3. The van der Waals surface area contributed by atoms with Gasteiger partial charge in [-0.15, -0.1) is 0 Å². The molecule has 32 heavy (non-hydrogen) atoms. The van der Waals surface area contributed by atoms with Crippen molar-refractivity contribution >= 4 is 5.97 Å². The van der Waals surface area contributed by atoms with Gasteiger partial charge in [-0.3, -0.25) is 4.79 Å². The van der Waals surface area contributed by atoms with E-state index in [-0.39, 0.29) is 24.4 Å². The molecule has 1 rings (SSSR count). The molecule has 0 unspecified atom stereocenters. The van der Waals surface area contributed by atoms with E-state index in [2.05, 4.69) is 30.4 Å². The summed E-state index contributed by atoms with van der Waals surface area (Å²) in [6.07, 6.45) is 16.2. The second-order valence-corrected chi connectivity index (χ2v) is 7.36. The number of hydrogen-bond acceptors (Lipinski definition) is 3. The zero-order valence-corrected chi connectivity index (χ0v) is 18.8. The molecule has 0 spiro atoms. The quantitative estimate of drug-likeness (QED) is 0.166. The Labute approximate surface area is 189 Å². The van der Waals surface area contributed by atoms with Crippen LogP contribution in [0.2, 0.25) is 0 Å². The molecule has 0 amide bonds. The van der Waals surface area contributed by atoms with Gasteiger partial charge in [0.05, 0.1) is 11.7 Å². The van der Waals surface area contributed by atoms with Crippen molar-refractivity contribution in [2.24, 2.45) is 0 Å². The molecule has 176 valence electrons. The normalized spacial score (nSPS) is 12.7. The van der Waals surface area contributed by atoms with Gasteiger partial charge in [0.15, 0.2) is 0 Å². The van der Waals surface area contributed by atoms with Gasteiger partial charge in [-0.25, -0.2) is 0 Å². The van der Waals surface area contributed by atoms with Crippen LogP contribution in [0, 0.1) is 0 Å². The molecule has 0 N–H and O–H groups in total. The van der Waals surface area contributed by atoms with Crippen LogP contribution >= 0.6 is 0 Å². The number of halogens is 3. The number of unbranched alkanes of at least 4 members (excludes halogenated alkanes) is 1. The number of esters is 1. The van der Waals surface area contributed by atoms with Crippen molar-refractivity contribution < 1.29 is 27.4 Å². The molecule has 0 aliphatic carbocycles. The lowest BCUT2D eigenvalue weighted by Gasteiger charge is -2.08. The summed E-state index contributed by atoms with van der Waals surface area (Å²) in [4.78, 5) is 11.4. The summed E-state index contributed by atoms with van der Waals surface area (Å²) in [7, 11) is 0. The number of alkyl halides is 3. The smallest absolute Gasteiger partial charge is 0.416 e. The highest BCUT2D eigenvalue weighted by molar-refractivity contribution is 5.69. The SMILES string of the molecule is CC(C)OC(=O)CCCC=CCC=CCC=CCC=CCOc1cccc(C(F)(F)F)c1. The molecule has 0 bridgehead atoms. The van der Waals surface area contributed by atoms with Gasteiger partial charge in [0.2, 0.25) is 0 Å². The van der Waals surface area contributed by atoms with Gasteiger partial charge in [-0.05, 0) is 64.2 Å². The lowest BCUT2D eigenvalue weighted by Crippen LogP contribution is -2.10. The number of hydrogen-bond donors (Lipinski definition) is 0. The number of rotatable bonds is 14. The zero-order valence-electron chi connectivity index (χ0n) is 18.8. The van der Waals surface area contributed by atoms with Gasteiger partial charge in [-0.1, -0.05) is 54.7 Å². The molecule has 0 saturated carbocycles. The van der Waals surface area contributed by atoms with Crippen molar-refractivity contribution in [1.29, 1.82) is 0 Å². The van der Waals surface area contributed by atoms with Crippen molar-refractivity contribution in [2.75, 3.05) is 6.61 Å². The Morgan fingerprint density at radius 3 is 2.12 bits per heavy atom. The lowest BCUT2D eigenvalue weighted by atomic mass is 10.2. The van der Waals surface area contributed by atoms with Crippen LogP contribution in [0.5, 0.6) is 5.75 Å². The van der Waals surface area contributed by atoms with Crippen LogP contribution in [-0.2, 0) is 15.7 Å². The highest BCUT2D eigenvalue weighted by atomic mass is 19.4. The summed E-state index contributed by atoms with van der Waals surface area (Å²) in [5, 5.41) is 0. The summed E-state index contributed by atoms with van der Waals surface area (Å²) < 4.78 is 48.3. The summed E-state index contributed by atoms with van der Waals surface area (Å²) in [6, 6.07) is 4.86. The first-order valence-corrected chi connectivity index (χ1v) is 10.9. The van der Waals surface area contributed by atoms with E-state index in [0.29, 0.717) is 6.42 Å². The fourth-order valence-electron chi connectivity index (χ4n) is 2.59. The summed E-state index contributed by atoms with van der Waals surface area (Å²) in [6.45, 7) is 3.92. The molecular weight excluding hydrogens is 417 g/mol. The predicted octanol–water partition coefficient (Wildman–Crippen LogP) is 7.60. The van der Waals surface area contributed by atoms with Crippen molar-refractivity contribution in [1.82, 2.24) is 0 Å². The Balaban J connectivity index is 2.07. The number of carbonyl (C=O) groups is 1. The summed E-state index contributed by atoms with van der Waals surface area (Å²) in [5.74, 6) is 0.0611. The lowest BCUT2D eigenvalue weighted by molar-refractivity contribution is -0.147. The highest BCUT2D eigenvalue weighted by Crippen LogP contribution is 2.31. The molecule has 0 atom stereocenters. The summed E-state index contributed by atoms with van der Waals surface area (Å²) in [5.41, 5.74) is -0.714. The largest absolute Gasteiger partial charge is 0.490 e. The maximum atomic E-state index is 12.6. The molecule has 3 nitrogen and oxygen atoms in total. The second-order valence-electron chi connectivity index (χ2n) is 7.36. The van der Waals surface area contributed by atoms with Gasteiger partial charge in [-0.2, -0.15) is 13.2 Å². The van der Waals surface area contributed by atoms with Crippen LogP contribution in [0.4, 0.5) is 13.2 Å². The Morgan fingerprint density at radius 2 is 1.53 bits per heavy atom. The average Bonchev–Trinajstić information content (AvgIpc) is 2.72. The Bertz CT molecular complexity index is 775. The van der Waals surface area contributed by atoms with Gasteiger partial charge in [0.1, 0.15) is 12.4 Å². The molecular formula is C26H33F3O3. The van der Waals surface area contributed by atoms with Gasteiger partial charge in [0.25, 0.3) is 0 Å². The zero-order chi connectivity index (χ0) is 23.7. The van der Waals surface area contributed by atoms with Crippen LogP contribution in [0.1, 0.15) is 57.9 Å². The molecule has 0 saturated heterocycles. The van der Waals surface area contributed by atoms with Crippen LogP contribution in [-0.4, -0.2) is 18.7 Å². The molecule has 0 radical (unpaired) electrons. The topological polar surface area (TPSA) is 35.5 Å². The standard InChI is InChI=1S/C26H33F3O3/c1-22(2)32-25(30)19-14-12-10-8-6-4-3-5-7-9-11-13-15-20-31-24-18-16-17-23(21-24)26(27,28)29/h3-4,7-10,13,15-18,21-22H,5-6,11-12,14,19-20H2,1-2H3. The molecule has 6 heteroatoms. The minimum Gasteiger partial charge on any atom is -0.490 e. The van der Waals surface area contributed by atoms with Crippen LogP contribution in [0.15, 0.2) is 72.9 Å². The van der Waals surface area contributed by atoms with E-state index in [4.69, 9.17) is 9.47 Å². The van der Waals surface area contributed by atoms with E-state index >= 15 is 0 Å². The third-order valence-electron chi connectivity index (χ3n) is 4.11. The Morgan fingerprint density at radius 1 is 0.938 bits per heavy atom. The molecule has 0 fully saturated rings. The number of allylic oxidation sites excluding steroid dienone is 7. The van der Waals surface area contributed by atoms with E-state index in [9.17, 15) is 18.0 Å². The van der Waals surface area contributed by atoms with Crippen molar-refractivity contribution in [2.45, 2.75) is 64.7 Å². The third-order valence-corrected chi connectivity index (χ3v) is 4.11. The van der Waals surface area contributed by atoms with Crippen molar-refractivity contribution in [3.8, 4) is 5.75 Å². The van der Waals surface area contributed by atoms with Gasteiger partial charge < -0.3 is 9.47 Å². The van der Waals surface area contributed by atoms with Crippen LogP contribution in [0.25, 0.3) is 0 Å². The van der Waals surface area contributed by atoms with E-state index in [1.165, 1.54) is 12.1 Å². The molecule has 1 aromatic rings. The first-order valence-electron chi connectivity index (χ1n) is 10.9. The maximum Gasteiger partial charge on any atom is 0.416 e. The minimum atomic E-state index is -4.37. The second kappa shape index (κ2) is 16.0. The Hall–Kier alpha value is -2.76. The fourth-order valence-corrected chi connectivity index (χ4v) is 2.59. The maximum absolute atomic E-state index is 12.6. The first-order chi connectivity index (χ1) is 15.3. The molecule has 0 aromatic heterocycles. The molecule has 1 aromatic carbocycles. The monoisotopic (exact) mass is 450 g/mol. The van der Waals surface area contributed by atoms with Crippen molar-refractivity contribution in [3.63, 3.8) is 0 Å².